The van der Waals surface area contributed by atoms with Gasteiger partial charge in [-0.3, -0.25) is 9.79 Å². The lowest BCUT2D eigenvalue weighted by molar-refractivity contribution is -0.111. The Morgan fingerprint density at radius 1 is 1.62 bits per heavy atom. The van der Waals surface area contributed by atoms with Gasteiger partial charge < -0.3 is 10.1 Å². The summed E-state index contributed by atoms with van der Waals surface area (Å²) in [7, 11) is 2.97. The van der Waals surface area contributed by atoms with Crippen LogP contribution in [0.1, 0.15) is 13.3 Å². The van der Waals surface area contributed by atoms with Gasteiger partial charge in [-0.05, 0) is 0 Å². The van der Waals surface area contributed by atoms with Gasteiger partial charge in [0.2, 0.25) is 0 Å². The summed E-state index contributed by atoms with van der Waals surface area (Å²) in [5.41, 5.74) is 0.543. The van der Waals surface area contributed by atoms with Crippen LogP contribution in [0.25, 0.3) is 0 Å². The third-order valence-corrected chi connectivity index (χ3v) is 1.60. The minimum absolute atomic E-state index is 0.129. The molecular formula is C9H14N2O2. The first kappa shape index (κ1) is 11.6. The van der Waals surface area contributed by atoms with Crippen LogP contribution in [0.2, 0.25) is 0 Å². The van der Waals surface area contributed by atoms with E-state index in [9.17, 15) is 4.79 Å². The van der Waals surface area contributed by atoms with Crippen molar-refractivity contribution < 1.29 is 9.53 Å². The van der Waals surface area contributed by atoms with Crippen LogP contribution < -0.4 is 0 Å². The zero-order chi connectivity index (χ0) is 10.4. The Hall–Kier alpha value is -1.45. The fourth-order valence-corrected chi connectivity index (χ4v) is 0.750. The molecule has 0 spiro atoms. The molecule has 13 heavy (non-hydrogen) atoms. The van der Waals surface area contributed by atoms with Gasteiger partial charge in [0, 0.05) is 20.4 Å². The zero-order valence-electron chi connectivity index (χ0n) is 8.18. The lowest BCUT2D eigenvalue weighted by Gasteiger charge is -2.05. The fourth-order valence-electron chi connectivity index (χ4n) is 0.750. The molecule has 0 fully saturated rings. The summed E-state index contributed by atoms with van der Waals surface area (Å²) in [6.07, 6.45) is 0.179. The molecule has 0 bridgehead atoms. The molecule has 1 N–H and O–H groups in total. The number of carbonyl (C=O) groups is 1. The Balaban J connectivity index is 4.36. The molecule has 0 amide bonds. The zero-order valence-corrected chi connectivity index (χ0v) is 8.18. The van der Waals surface area contributed by atoms with Crippen molar-refractivity contribution in [1.82, 2.24) is 0 Å². The van der Waals surface area contributed by atoms with Crippen LogP contribution >= 0.6 is 0 Å². The highest BCUT2D eigenvalue weighted by atomic mass is 16.5. The van der Waals surface area contributed by atoms with Crippen LogP contribution in [0.3, 0.4) is 0 Å². The second-order valence-electron chi connectivity index (χ2n) is 2.51. The van der Waals surface area contributed by atoms with E-state index in [1.807, 2.05) is 0 Å². The highest BCUT2D eigenvalue weighted by molar-refractivity contribution is 6.42. The van der Waals surface area contributed by atoms with Crippen molar-refractivity contribution >= 4 is 17.2 Å². The van der Waals surface area contributed by atoms with Crippen molar-refractivity contribution in [2.24, 2.45) is 4.99 Å². The lowest BCUT2D eigenvalue weighted by Crippen LogP contribution is -2.16. The summed E-state index contributed by atoms with van der Waals surface area (Å²) in [6, 6.07) is 0. The number of methoxy groups -OCH3 is 1. The van der Waals surface area contributed by atoms with Crippen LogP contribution in [-0.2, 0) is 9.53 Å². The monoisotopic (exact) mass is 182 g/mol. The van der Waals surface area contributed by atoms with Crippen LogP contribution in [0.15, 0.2) is 17.3 Å². The molecule has 0 aromatic rings. The van der Waals surface area contributed by atoms with Crippen molar-refractivity contribution in [2.45, 2.75) is 13.3 Å². The number of hydrogen-bond donors (Lipinski definition) is 1. The van der Waals surface area contributed by atoms with E-state index in [0.717, 1.165) is 0 Å². The van der Waals surface area contributed by atoms with Gasteiger partial charge in [0.05, 0.1) is 18.5 Å². The molecule has 0 atom stereocenters. The predicted molar refractivity (Wildman–Crippen MR) is 52.5 cm³/mol. The first-order valence-corrected chi connectivity index (χ1v) is 3.80. The van der Waals surface area contributed by atoms with E-state index in [4.69, 9.17) is 10.1 Å². The van der Waals surface area contributed by atoms with Crippen molar-refractivity contribution in [3.05, 3.63) is 12.3 Å². The van der Waals surface area contributed by atoms with E-state index < -0.39 is 0 Å². The Kier molecular flexibility index (Phi) is 4.66. The Labute approximate surface area is 77.8 Å². The van der Waals surface area contributed by atoms with Crippen molar-refractivity contribution in [3.63, 3.8) is 0 Å². The van der Waals surface area contributed by atoms with Crippen LogP contribution in [0, 0.1) is 5.41 Å². The third kappa shape index (κ3) is 3.64. The Bertz CT molecular complexity index is 267. The lowest BCUT2D eigenvalue weighted by atomic mass is 10.1. The highest BCUT2D eigenvalue weighted by Gasteiger charge is 2.10. The van der Waals surface area contributed by atoms with Gasteiger partial charge in [-0.1, -0.05) is 6.58 Å². The number of hydrogen-bond acceptors (Lipinski definition) is 4. The van der Waals surface area contributed by atoms with Gasteiger partial charge in [-0.2, -0.15) is 0 Å². The Morgan fingerprint density at radius 2 is 2.15 bits per heavy atom. The highest BCUT2D eigenvalue weighted by Crippen LogP contribution is 2.00. The molecule has 0 aliphatic carbocycles. The first-order valence-electron chi connectivity index (χ1n) is 3.80. The van der Waals surface area contributed by atoms with E-state index in [1.165, 1.54) is 21.1 Å². The first-order chi connectivity index (χ1) is 6.02. The molecule has 0 saturated heterocycles. The molecule has 0 heterocycles. The minimum atomic E-state index is -0.129. The number of allylic oxidation sites excluding steroid dienone is 1. The molecule has 0 rings (SSSR count). The number of Topliss-reactive ketones (excluding diaryl/α,β-unsaturated/α-hetero) is 1. The maximum Gasteiger partial charge on any atom is 0.173 e. The fraction of sp³-hybridized carbons (Fsp3) is 0.444. The second kappa shape index (κ2) is 5.24. The SMILES string of the molecule is C=C(OC)C(=N)CC(=NC)C(C)=O. The van der Waals surface area contributed by atoms with Gasteiger partial charge in [0.15, 0.2) is 5.78 Å². The van der Waals surface area contributed by atoms with Gasteiger partial charge in [0.25, 0.3) is 0 Å². The van der Waals surface area contributed by atoms with Gasteiger partial charge in [-0.25, -0.2) is 0 Å². The van der Waals surface area contributed by atoms with Crippen molar-refractivity contribution in [3.8, 4) is 0 Å². The summed E-state index contributed by atoms with van der Waals surface area (Å²) < 4.78 is 4.75. The number of nitrogens with zero attached hydrogens (tertiary/aromatic N) is 1. The summed E-state index contributed by atoms with van der Waals surface area (Å²) in [5.74, 6) is 0.138. The van der Waals surface area contributed by atoms with E-state index in [-0.39, 0.29) is 23.7 Å². The smallest absolute Gasteiger partial charge is 0.173 e. The maximum absolute atomic E-state index is 10.9. The van der Waals surface area contributed by atoms with Crippen LogP contribution in [-0.4, -0.2) is 31.4 Å². The maximum atomic E-state index is 10.9. The Morgan fingerprint density at radius 3 is 2.46 bits per heavy atom. The van der Waals surface area contributed by atoms with Crippen LogP contribution in [0.4, 0.5) is 0 Å². The standard InChI is InChI=1S/C9H14N2O2/c1-6(12)9(11-3)5-8(10)7(2)13-4/h10H,2,5H2,1,3-4H3. The third-order valence-electron chi connectivity index (χ3n) is 1.60. The molecule has 4 heteroatoms. The number of nitrogens with one attached hydrogen (secondary N) is 1. The average molecular weight is 182 g/mol. The molecule has 72 valence electrons. The summed E-state index contributed by atoms with van der Waals surface area (Å²) >= 11 is 0. The predicted octanol–water partition coefficient (Wildman–Crippen LogP) is 1.22. The molecule has 0 aromatic heterocycles. The van der Waals surface area contributed by atoms with E-state index in [2.05, 4.69) is 11.6 Å². The molecule has 0 radical (unpaired) electrons. The van der Waals surface area contributed by atoms with Gasteiger partial charge in [0.1, 0.15) is 5.76 Å². The van der Waals surface area contributed by atoms with Gasteiger partial charge in [-0.15, -0.1) is 0 Å². The van der Waals surface area contributed by atoms with Crippen molar-refractivity contribution in [1.29, 1.82) is 5.41 Å². The quantitative estimate of drug-likeness (QED) is 0.513. The molecule has 0 saturated carbocycles. The number of carbonyl (C=O) groups excluding carboxylic acids is 1. The summed E-state index contributed by atoms with van der Waals surface area (Å²) in [5, 5.41) is 7.46. The number of ketones is 1. The molecule has 4 nitrogen and oxygen atoms in total. The molecule has 0 aliphatic rings. The molecular weight excluding hydrogens is 168 g/mol. The van der Waals surface area contributed by atoms with Crippen molar-refractivity contribution in [2.75, 3.05) is 14.2 Å². The normalized spacial score (nSPS) is 10.8. The molecule has 0 unspecified atom stereocenters. The second-order valence-corrected chi connectivity index (χ2v) is 2.51. The van der Waals surface area contributed by atoms with Crippen LogP contribution in [0.5, 0.6) is 0 Å². The number of aliphatic imine (C=N–C) groups is 1. The average Bonchev–Trinajstić information content (AvgIpc) is 2.11. The number of rotatable bonds is 5. The van der Waals surface area contributed by atoms with E-state index >= 15 is 0 Å². The molecule has 0 aliphatic heterocycles. The summed E-state index contributed by atoms with van der Waals surface area (Å²) in [4.78, 5) is 14.7. The van der Waals surface area contributed by atoms with E-state index in [0.29, 0.717) is 5.71 Å². The van der Waals surface area contributed by atoms with Gasteiger partial charge >= 0.3 is 0 Å². The number of ether oxygens (including phenoxy) is 1. The largest absolute Gasteiger partial charge is 0.495 e. The topological polar surface area (TPSA) is 62.5 Å². The molecule has 0 aromatic carbocycles. The summed E-state index contributed by atoms with van der Waals surface area (Å²) in [6.45, 7) is 4.93. The van der Waals surface area contributed by atoms with E-state index in [1.54, 1.807) is 0 Å². The minimum Gasteiger partial charge on any atom is -0.495 e.